The van der Waals surface area contributed by atoms with Crippen molar-refractivity contribution in [3.63, 3.8) is 0 Å². The van der Waals surface area contributed by atoms with Crippen LogP contribution in [0.5, 0.6) is 0 Å². The van der Waals surface area contributed by atoms with Crippen LogP contribution in [0.2, 0.25) is 0 Å². The number of hydrogen-bond acceptors (Lipinski definition) is 4. The van der Waals surface area contributed by atoms with Crippen LogP contribution in [0.1, 0.15) is 86.8 Å². The molecule has 3 aromatic carbocycles. The molecule has 6 aromatic rings. The molecule has 0 atom stereocenters. The highest BCUT2D eigenvalue weighted by atomic mass is 32.1. The summed E-state index contributed by atoms with van der Waals surface area (Å²) in [6.45, 7) is 2.29. The zero-order valence-corrected chi connectivity index (χ0v) is 24.4. The normalized spacial score (nSPS) is 11.6. The van der Waals surface area contributed by atoms with Crippen molar-refractivity contribution in [1.82, 2.24) is 4.98 Å². The summed E-state index contributed by atoms with van der Waals surface area (Å²) in [5.41, 5.74) is 1.62. The second kappa shape index (κ2) is 12.4. The summed E-state index contributed by atoms with van der Waals surface area (Å²) >= 11 is 3.75. The number of unbranched alkanes of at least 4 members (excludes halogenated alkanes) is 9. The van der Waals surface area contributed by atoms with Crippen LogP contribution in [0.4, 0.5) is 0 Å². The molecule has 0 aliphatic carbocycles. The molecule has 0 aliphatic heterocycles. The summed E-state index contributed by atoms with van der Waals surface area (Å²) < 4.78 is 8.50. The Bertz CT molecular complexity index is 1740. The first-order valence-corrected chi connectivity index (χ1v) is 16.2. The largest absolute Gasteiger partial charge is 0.430 e. The van der Waals surface area contributed by atoms with E-state index < -0.39 is 0 Å². The maximum Gasteiger partial charge on any atom is 0.274 e. The zero-order valence-electron chi connectivity index (χ0n) is 22.7. The first-order chi connectivity index (χ1) is 19.3. The molecule has 3 aromatic heterocycles. The Hall–Kier alpha value is -3.13. The van der Waals surface area contributed by atoms with Gasteiger partial charge in [-0.15, -0.1) is 22.7 Å². The van der Waals surface area contributed by atoms with E-state index in [1.54, 1.807) is 11.3 Å². The second-order valence-electron chi connectivity index (χ2n) is 10.6. The molecule has 0 saturated carbocycles. The maximum atomic E-state index is 5.77. The van der Waals surface area contributed by atoms with Crippen LogP contribution >= 0.6 is 22.7 Å². The van der Waals surface area contributed by atoms with Gasteiger partial charge in [0.2, 0.25) is 0 Å². The van der Waals surface area contributed by atoms with E-state index in [9.17, 15) is 0 Å². The van der Waals surface area contributed by atoms with Gasteiger partial charge in [0.1, 0.15) is 5.52 Å². The Morgan fingerprint density at radius 3 is 2.10 bits per heavy atom. The molecule has 3 heterocycles. The quantitative estimate of drug-likeness (QED) is 0.119. The van der Waals surface area contributed by atoms with Gasteiger partial charge in [0, 0.05) is 25.0 Å². The van der Waals surface area contributed by atoms with Gasteiger partial charge >= 0.3 is 0 Å². The number of hydrogen-bond donors (Lipinski definition) is 0. The molecule has 39 heavy (non-hydrogen) atoms. The van der Waals surface area contributed by atoms with Crippen LogP contribution in [0.3, 0.4) is 0 Å². The first-order valence-electron chi connectivity index (χ1n) is 14.5. The lowest BCUT2D eigenvalue weighted by Gasteiger charge is -2.02. The van der Waals surface area contributed by atoms with Crippen molar-refractivity contribution in [3.8, 4) is 11.8 Å². The summed E-state index contributed by atoms with van der Waals surface area (Å²) in [4.78, 5) is 7.04. The fourth-order valence-corrected chi connectivity index (χ4v) is 7.73. The molecule has 0 saturated heterocycles. The molecular weight excluding hydrogens is 515 g/mol. The van der Waals surface area contributed by atoms with Crippen molar-refractivity contribution in [1.29, 1.82) is 0 Å². The Balaban J connectivity index is 1.12. The van der Waals surface area contributed by atoms with E-state index in [0.29, 0.717) is 5.89 Å². The van der Waals surface area contributed by atoms with Crippen molar-refractivity contribution < 1.29 is 4.42 Å². The number of rotatable bonds is 11. The third-order valence-electron chi connectivity index (χ3n) is 7.57. The average Bonchev–Trinajstić information content (AvgIpc) is 3.68. The van der Waals surface area contributed by atoms with Crippen molar-refractivity contribution in [2.24, 2.45) is 0 Å². The molecule has 0 fully saturated rings. The molecule has 4 heteroatoms. The Morgan fingerprint density at radius 2 is 1.36 bits per heavy atom. The molecule has 0 radical (unpaired) electrons. The van der Waals surface area contributed by atoms with E-state index >= 15 is 0 Å². The topological polar surface area (TPSA) is 26.0 Å². The van der Waals surface area contributed by atoms with Crippen LogP contribution in [-0.4, -0.2) is 4.98 Å². The Kier molecular flexibility index (Phi) is 8.28. The Labute approximate surface area is 239 Å². The van der Waals surface area contributed by atoms with Crippen LogP contribution in [-0.2, 0) is 6.42 Å². The third-order valence-corrected chi connectivity index (χ3v) is 9.92. The van der Waals surface area contributed by atoms with Crippen LogP contribution in [0.15, 0.2) is 65.1 Å². The molecule has 198 valence electrons. The van der Waals surface area contributed by atoms with Crippen molar-refractivity contribution >= 4 is 64.7 Å². The molecule has 0 spiro atoms. The zero-order chi connectivity index (χ0) is 26.4. The highest BCUT2D eigenvalue weighted by molar-refractivity contribution is 7.21. The molecule has 0 amide bonds. The molecule has 0 bridgehead atoms. The van der Waals surface area contributed by atoms with Gasteiger partial charge in [-0.3, -0.25) is 0 Å². The fourth-order valence-electron chi connectivity index (χ4n) is 5.47. The van der Waals surface area contributed by atoms with E-state index in [0.717, 1.165) is 16.0 Å². The maximum absolute atomic E-state index is 5.77. The van der Waals surface area contributed by atoms with Crippen LogP contribution < -0.4 is 0 Å². The standard InChI is InChI=1S/C35H35NOS2/c1-2-3-4-5-6-7-8-9-10-11-14-27-23-25-17-20-30-29(34(25)38-27)21-18-26-24-28(39-35(26)30)19-22-33-36-31-15-12-13-16-32(31)37-33/h12-13,15-18,20-21,23-24H,2-11,14H2,1H3. The molecule has 0 N–H and O–H groups in total. The van der Waals surface area contributed by atoms with Gasteiger partial charge in [0.05, 0.1) is 4.88 Å². The highest BCUT2D eigenvalue weighted by Gasteiger charge is 2.11. The smallest absolute Gasteiger partial charge is 0.274 e. The minimum atomic E-state index is 0.466. The van der Waals surface area contributed by atoms with Crippen molar-refractivity contribution in [2.45, 2.75) is 77.6 Å². The summed E-state index contributed by atoms with van der Waals surface area (Å²) in [6, 6.07) is 21.5. The van der Waals surface area contributed by atoms with Crippen molar-refractivity contribution in [3.05, 3.63) is 76.3 Å². The van der Waals surface area contributed by atoms with Gasteiger partial charge in [-0.2, -0.15) is 0 Å². The lowest BCUT2D eigenvalue weighted by molar-refractivity contribution is 0.557. The predicted octanol–water partition coefficient (Wildman–Crippen LogP) is 11.3. The average molecular weight is 550 g/mol. The number of aromatic nitrogens is 1. The Morgan fingerprint density at radius 1 is 0.692 bits per heavy atom. The molecular formula is C35H35NOS2. The number of aryl methyl sites for hydroxylation is 1. The van der Waals surface area contributed by atoms with Crippen LogP contribution in [0.25, 0.3) is 42.0 Å². The molecule has 0 unspecified atom stereocenters. The summed E-state index contributed by atoms with van der Waals surface area (Å²) in [6.07, 6.45) is 15.1. The monoisotopic (exact) mass is 549 g/mol. The van der Waals surface area contributed by atoms with E-state index in [-0.39, 0.29) is 0 Å². The van der Waals surface area contributed by atoms with Gasteiger partial charge in [0.25, 0.3) is 5.89 Å². The number of oxazole rings is 1. The summed E-state index contributed by atoms with van der Waals surface area (Å²) in [7, 11) is 0. The minimum absolute atomic E-state index is 0.466. The van der Waals surface area contributed by atoms with Gasteiger partial charge in [-0.25, -0.2) is 4.98 Å². The lowest BCUT2D eigenvalue weighted by atomic mass is 10.0. The summed E-state index contributed by atoms with van der Waals surface area (Å²) in [5.74, 6) is 6.87. The van der Waals surface area contributed by atoms with Gasteiger partial charge in [-0.1, -0.05) is 101 Å². The number of thiophene rings is 2. The van der Waals surface area contributed by atoms with E-state index in [1.165, 1.54) is 106 Å². The first kappa shape index (κ1) is 26.1. The van der Waals surface area contributed by atoms with Crippen molar-refractivity contribution in [2.75, 3.05) is 0 Å². The molecule has 2 nitrogen and oxygen atoms in total. The van der Waals surface area contributed by atoms with Crippen LogP contribution in [0, 0.1) is 11.8 Å². The fraction of sp³-hybridized carbons (Fsp3) is 0.343. The van der Waals surface area contributed by atoms with Gasteiger partial charge in [0.15, 0.2) is 5.58 Å². The van der Waals surface area contributed by atoms with Gasteiger partial charge in [-0.05, 0) is 59.7 Å². The minimum Gasteiger partial charge on any atom is -0.430 e. The molecule has 0 aliphatic rings. The van der Waals surface area contributed by atoms with E-state index in [2.05, 4.69) is 60.1 Å². The highest BCUT2D eigenvalue weighted by Crippen LogP contribution is 2.39. The lowest BCUT2D eigenvalue weighted by Crippen LogP contribution is -1.84. The number of fused-ring (bicyclic) bond motifs is 6. The summed E-state index contributed by atoms with van der Waals surface area (Å²) in [5, 5.41) is 5.31. The SMILES string of the molecule is CCCCCCCCCCCCc1cc2ccc3c(ccc4cc(C#Cc5nc6ccccc6o5)sc43)c2s1. The van der Waals surface area contributed by atoms with E-state index in [1.807, 2.05) is 35.6 Å². The number of para-hydroxylation sites is 2. The third kappa shape index (κ3) is 6.06. The number of nitrogens with zero attached hydrogens (tertiary/aromatic N) is 1. The van der Waals surface area contributed by atoms with E-state index in [4.69, 9.17) is 4.42 Å². The number of benzene rings is 3. The second-order valence-corrected chi connectivity index (χ2v) is 12.7. The molecule has 6 rings (SSSR count). The predicted molar refractivity (Wildman–Crippen MR) is 170 cm³/mol. The van der Waals surface area contributed by atoms with Gasteiger partial charge < -0.3 is 4.42 Å².